The highest BCUT2D eigenvalue weighted by molar-refractivity contribution is 6.09. The van der Waals surface area contributed by atoms with Crippen LogP contribution in [0.15, 0.2) is 279 Å². The van der Waals surface area contributed by atoms with Crippen LogP contribution in [0.2, 0.25) is 0 Å². The minimum absolute atomic E-state index is 0.464. The van der Waals surface area contributed by atoms with Crippen LogP contribution in [-0.2, 0) is 5.41 Å². The molecule has 0 atom stereocenters. The fourth-order valence-corrected chi connectivity index (χ4v) is 11.1. The Labute approximate surface area is 403 Å². The van der Waals surface area contributed by atoms with E-state index < -0.39 is 5.41 Å². The van der Waals surface area contributed by atoms with Gasteiger partial charge in [-0.1, -0.05) is 218 Å². The highest BCUT2D eigenvalue weighted by Crippen LogP contribution is 2.56. The molecule has 0 N–H and O–H groups in total. The lowest BCUT2D eigenvalue weighted by atomic mass is 9.68. The lowest BCUT2D eigenvalue weighted by Crippen LogP contribution is -2.28. The first kappa shape index (κ1) is 40.3. The summed E-state index contributed by atoms with van der Waals surface area (Å²) in [7, 11) is 0. The van der Waals surface area contributed by atoms with Gasteiger partial charge in [0.2, 0.25) is 0 Å². The van der Waals surface area contributed by atoms with Gasteiger partial charge in [0, 0.05) is 33.5 Å². The van der Waals surface area contributed by atoms with Gasteiger partial charge in [-0.15, -0.1) is 0 Å². The van der Waals surface area contributed by atoms with E-state index in [1.807, 2.05) is 0 Å². The number of nitrogens with zero attached hydrogens (tertiary/aromatic N) is 2. The Bertz CT molecular complexity index is 3680. The molecule has 11 aromatic carbocycles. The van der Waals surface area contributed by atoms with E-state index in [0.717, 1.165) is 22.7 Å². The summed E-state index contributed by atoms with van der Waals surface area (Å²) in [6.45, 7) is 0. The van der Waals surface area contributed by atoms with Crippen LogP contribution in [0.4, 0.5) is 17.1 Å². The second-order valence-electron chi connectivity index (χ2n) is 18.0. The van der Waals surface area contributed by atoms with Crippen LogP contribution in [0, 0.1) is 0 Å². The van der Waals surface area contributed by atoms with Crippen LogP contribution < -0.4 is 4.90 Å². The number of fused-ring (bicyclic) bond motifs is 6. The molecule has 324 valence electrons. The molecule has 0 bridgehead atoms. The van der Waals surface area contributed by atoms with Crippen molar-refractivity contribution in [1.82, 2.24) is 4.57 Å². The van der Waals surface area contributed by atoms with Crippen molar-refractivity contribution in [2.75, 3.05) is 4.90 Å². The molecule has 0 saturated carbocycles. The number of hydrogen-bond acceptors (Lipinski definition) is 1. The molecule has 2 heteroatoms. The second-order valence-corrected chi connectivity index (χ2v) is 18.0. The van der Waals surface area contributed by atoms with Gasteiger partial charge < -0.3 is 9.47 Å². The van der Waals surface area contributed by atoms with Gasteiger partial charge in [-0.05, 0) is 127 Å². The maximum absolute atomic E-state index is 2.38. The molecule has 0 unspecified atom stereocenters. The predicted molar refractivity (Wildman–Crippen MR) is 289 cm³/mol. The third kappa shape index (κ3) is 6.72. The Balaban J connectivity index is 0.882. The molecule has 1 aromatic heterocycles. The van der Waals surface area contributed by atoms with Crippen LogP contribution in [-0.4, -0.2) is 4.57 Å². The van der Waals surface area contributed by atoms with Crippen molar-refractivity contribution in [2.24, 2.45) is 0 Å². The molecule has 69 heavy (non-hydrogen) atoms. The van der Waals surface area contributed by atoms with Crippen molar-refractivity contribution in [1.29, 1.82) is 0 Å². The Morgan fingerprint density at radius 1 is 0.261 bits per heavy atom. The summed E-state index contributed by atoms with van der Waals surface area (Å²) in [4.78, 5) is 2.38. The molecule has 0 saturated heterocycles. The molecular weight excluding hydrogens is 833 g/mol. The van der Waals surface area contributed by atoms with Gasteiger partial charge >= 0.3 is 0 Å². The zero-order chi connectivity index (χ0) is 45.7. The van der Waals surface area contributed by atoms with E-state index in [1.165, 1.54) is 88.6 Å². The first-order valence-corrected chi connectivity index (χ1v) is 23.8. The number of para-hydroxylation sites is 2. The average molecular weight is 879 g/mol. The zero-order valence-corrected chi connectivity index (χ0v) is 38.0. The predicted octanol–water partition coefficient (Wildman–Crippen LogP) is 17.6. The molecule has 0 fully saturated rings. The number of anilines is 3. The Morgan fingerprint density at radius 2 is 0.594 bits per heavy atom. The maximum Gasteiger partial charge on any atom is 0.0713 e. The largest absolute Gasteiger partial charge is 0.311 e. The van der Waals surface area contributed by atoms with E-state index in [4.69, 9.17) is 0 Å². The molecule has 12 aromatic rings. The number of rotatable bonds is 9. The average Bonchev–Trinajstić information content (AvgIpc) is 3.93. The summed E-state index contributed by atoms with van der Waals surface area (Å²) in [5.74, 6) is 0. The van der Waals surface area contributed by atoms with Crippen LogP contribution >= 0.6 is 0 Å². The van der Waals surface area contributed by atoms with Crippen LogP contribution in [0.5, 0.6) is 0 Å². The highest BCUT2D eigenvalue weighted by atomic mass is 15.1. The van der Waals surface area contributed by atoms with Crippen molar-refractivity contribution in [2.45, 2.75) is 5.41 Å². The molecule has 13 rings (SSSR count). The Kier molecular flexibility index (Phi) is 9.77. The minimum atomic E-state index is -0.464. The third-order valence-electron chi connectivity index (χ3n) is 14.3. The number of aromatic nitrogens is 1. The molecule has 0 amide bonds. The fraction of sp³-hybridized carbons (Fsp3) is 0.0149. The van der Waals surface area contributed by atoms with Crippen LogP contribution in [0.1, 0.15) is 22.3 Å². The summed E-state index contributed by atoms with van der Waals surface area (Å²) < 4.78 is 2.37. The molecule has 1 aliphatic carbocycles. The second kappa shape index (κ2) is 16.7. The molecule has 1 aliphatic rings. The van der Waals surface area contributed by atoms with Gasteiger partial charge in [-0.2, -0.15) is 0 Å². The van der Waals surface area contributed by atoms with E-state index in [0.29, 0.717) is 0 Å². The van der Waals surface area contributed by atoms with Crippen LogP contribution in [0.3, 0.4) is 0 Å². The maximum atomic E-state index is 2.38. The van der Waals surface area contributed by atoms with Gasteiger partial charge in [0.15, 0.2) is 0 Å². The summed E-state index contributed by atoms with van der Waals surface area (Å²) in [6.07, 6.45) is 0. The van der Waals surface area contributed by atoms with Crippen molar-refractivity contribution in [3.63, 3.8) is 0 Å². The first-order chi connectivity index (χ1) is 34.2. The van der Waals surface area contributed by atoms with E-state index in [2.05, 4.69) is 289 Å². The summed E-state index contributed by atoms with van der Waals surface area (Å²) in [5.41, 5.74) is 21.2. The van der Waals surface area contributed by atoms with Crippen molar-refractivity contribution < 1.29 is 0 Å². The summed E-state index contributed by atoms with van der Waals surface area (Å²) in [5, 5.41) is 2.54. The van der Waals surface area contributed by atoms with Gasteiger partial charge in [0.25, 0.3) is 0 Å². The summed E-state index contributed by atoms with van der Waals surface area (Å²) in [6, 6.07) is 102. The van der Waals surface area contributed by atoms with Gasteiger partial charge in [0.05, 0.1) is 16.4 Å². The standard InChI is InChI=1S/C67H46N2/c1-3-15-47(16-4-1)48-27-29-49(30-28-48)50-31-39-55(40-32-50)68(56-41-33-51(34-42-56)52-35-43-58(44-36-52)69-65-25-13-9-21-61(65)62-22-10-14-26-66(62)69)57-45-37-54(38-46-57)67(53-17-5-2-6-18-53)63-23-11-7-19-59(63)60-20-8-12-24-64(60)67/h1-46H. The summed E-state index contributed by atoms with van der Waals surface area (Å²) >= 11 is 0. The van der Waals surface area contributed by atoms with E-state index in [-0.39, 0.29) is 0 Å². The minimum Gasteiger partial charge on any atom is -0.311 e. The lowest BCUT2D eigenvalue weighted by Gasteiger charge is -2.34. The van der Waals surface area contributed by atoms with Gasteiger partial charge in [-0.25, -0.2) is 0 Å². The van der Waals surface area contributed by atoms with Gasteiger partial charge in [-0.3, -0.25) is 0 Å². The van der Waals surface area contributed by atoms with Crippen molar-refractivity contribution in [3.8, 4) is 50.2 Å². The first-order valence-electron chi connectivity index (χ1n) is 23.8. The van der Waals surface area contributed by atoms with Crippen LogP contribution in [0.25, 0.3) is 72.0 Å². The monoisotopic (exact) mass is 878 g/mol. The SMILES string of the molecule is c1ccc(-c2ccc(-c3ccc(N(c4ccc(-c5ccc(-n6c7ccccc7c7ccccc76)cc5)cc4)c4ccc(C5(c6ccccc6)c6ccccc6-c6ccccc65)cc4)cc3)cc2)cc1. The Morgan fingerprint density at radius 3 is 1.07 bits per heavy atom. The molecule has 0 spiro atoms. The molecule has 0 aliphatic heterocycles. The highest BCUT2D eigenvalue weighted by Gasteiger charge is 2.45. The quantitative estimate of drug-likeness (QED) is 0.140. The number of benzene rings is 11. The topological polar surface area (TPSA) is 8.17 Å². The Hall–Kier alpha value is -8.98. The van der Waals surface area contributed by atoms with E-state index in [9.17, 15) is 0 Å². The molecule has 1 heterocycles. The van der Waals surface area contributed by atoms with Crippen molar-refractivity contribution >= 4 is 38.9 Å². The van der Waals surface area contributed by atoms with Crippen molar-refractivity contribution in [3.05, 3.63) is 301 Å². The molecule has 0 radical (unpaired) electrons. The van der Waals surface area contributed by atoms with Gasteiger partial charge in [0.1, 0.15) is 0 Å². The van der Waals surface area contributed by atoms with E-state index in [1.54, 1.807) is 0 Å². The smallest absolute Gasteiger partial charge is 0.0713 e. The fourth-order valence-electron chi connectivity index (χ4n) is 11.1. The molecule has 2 nitrogen and oxygen atoms in total. The molecular formula is C67H46N2. The number of hydrogen-bond donors (Lipinski definition) is 0. The normalized spacial score (nSPS) is 12.5. The van der Waals surface area contributed by atoms with E-state index >= 15 is 0 Å². The third-order valence-corrected chi connectivity index (χ3v) is 14.3. The lowest BCUT2D eigenvalue weighted by molar-refractivity contribution is 0.768. The zero-order valence-electron chi connectivity index (χ0n) is 38.0.